The van der Waals surface area contributed by atoms with Crippen LogP contribution in [-0.2, 0) is 0 Å². The minimum absolute atomic E-state index is 1.01. The van der Waals surface area contributed by atoms with Crippen molar-refractivity contribution in [1.29, 1.82) is 15.8 Å². The molecule has 0 aromatic heterocycles. The van der Waals surface area contributed by atoms with Crippen LogP contribution >= 0.6 is 7.26 Å². The van der Waals surface area contributed by atoms with Crippen LogP contribution in [-0.4, -0.2) is 24.6 Å². The molecule has 0 aliphatic carbocycles. The molecule has 0 aromatic carbocycles. The van der Waals surface area contributed by atoms with Gasteiger partial charge in [0, 0.05) is 0 Å². The third kappa shape index (κ3) is 22.7. The first-order chi connectivity index (χ1) is 16.6. The van der Waals surface area contributed by atoms with Crippen molar-refractivity contribution in [3.05, 3.63) is 0 Å². The van der Waals surface area contributed by atoms with E-state index in [1.165, 1.54) is 108 Å². The molecule has 0 unspecified atom stereocenters. The van der Waals surface area contributed by atoms with Crippen molar-refractivity contribution in [1.82, 2.24) is 0 Å². The largest absolute Gasteiger partial charge is 0.218 e. The van der Waals surface area contributed by atoms with Crippen molar-refractivity contribution < 1.29 is 0 Å². The SMILES string of the molecule is CCCCCCCC[PH](CCCCCC)(CCCCCC)CCCCCC.N#CC(C#N)C#N. The Bertz CT molecular complexity index is 476. The maximum absolute atomic E-state index is 7.83. The summed E-state index contributed by atoms with van der Waals surface area (Å²) in [6.45, 7) is 9.41. The fraction of sp³-hybridized carbons (Fsp3) is 0.900. The van der Waals surface area contributed by atoms with E-state index in [0.717, 1.165) is 0 Å². The topological polar surface area (TPSA) is 71.4 Å². The van der Waals surface area contributed by atoms with Crippen LogP contribution < -0.4 is 0 Å². The van der Waals surface area contributed by atoms with Gasteiger partial charge < -0.3 is 0 Å². The summed E-state index contributed by atoms with van der Waals surface area (Å²) in [6, 6.07) is 4.44. The second-order valence-electron chi connectivity index (χ2n) is 10.3. The minimum atomic E-state index is -1.10. The van der Waals surface area contributed by atoms with Crippen LogP contribution in [0.4, 0.5) is 0 Å². The Kier molecular flexibility index (Phi) is 29.0. The van der Waals surface area contributed by atoms with E-state index < -0.39 is 13.2 Å². The zero-order valence-electron chi connectivity index (χ0n) is 23.5. The van der Waals surface area contributed by atoms with E-state index in [9.17, 15) is 0 Å². The Morgan fingerprint density at radius 1 is 0.412 bits per heavy atom. The molecule has 0 saturated carbocycles. The van der Waals surface area contributed by atoms with Gasteiger partial charge in [-0.05, 0) is 0 Å². The van der Waals surface area contributed by atoms with Crippen molar-refractivity contribution in [3.8, 4) is 18.2 Å². The van der Waals surface area contributed by atoms with Crippen LogP contribution in [0.25, 0.3) is 0 Å². The van der Waals surface area contributed by atoms with Crippen molar-refractivity contribution in [3.63, 3.8) is 0 Å². The van der Waals surface area contributed by atoms with E-state index in [1.54, 1.807) is 50.3 Å². The Labute approximate surface area is 215 Å². The van der Waals surface area contributed by atoms with Crippen molar-refractivity contribution in [2.24, 2.45) is 5.92 Å². The molecule has 0 N–H and O–H groups in total. The van der Waals surface area contributed by atoms with Gasteiger partial charge in [0.2, 0.25) is 5.92 Å². The van der Waals surface area contributed by atoms with E-state index in [-0.39, 0.29) is 0 Å². The average Bonchev–Trinajstić information content (AvgIpc) is 2.86. The van der Waals surface area contributed by atoms with Crippen LogP contribution in [0.5, 0.6) is 0 Å². The second-order valence-corrected chi connectivity index (χ2v) is 15.3. The summed E-state index contributed by atoms with van der Waals surface area (Å²) >= 11 is 0. The van der Waals surface area contributed by atoms with Gasteiger partial charge in [-0.2, -0.15) is 15.8 Å². The smallest absolute Gasteiger partial charge is 0.196 e. The Morgan fingerprint density at radius 3 is 0.882 bits per heavy atom. The Balaban J connectivity index is 0. The molecule has 4 heteroatoms. The number of nitriles is 3. The standard InChI is InChI=1S/C26H57P.C4HN3/c1-5-9-13-17-18-22-26-27(23-19-14-10-6-2,24-20-15-11-7-3)25-21-16-12-8-4;5-1-4(2-6)3-7/h27H,5-26H2,1-4H3;4H. The Morgan fingerprint density at radius 2 is 0.647 bits per heavy atom. The molecule has 0 fully saturated rings. The monoisotopic (exact) mass is 491 g/mol. The molecular formula is C30H58N3P. The zero-order valence-corrected chi connectivity index (χ0v) is 24.5. The predicted molar refractivity (Wildman–Crippen MR) is 154 cm³/mol. The number of nitrogens with zero attached hydrogens (tertiary/aromatic N) is 3. The van der Waals surface area contributed by atoms with Gasteiger partial charge in [0.25, 0.3) is 0 Å². The van der Waals surface area contributed by atoms with Gasteiger partial charge in [-0.3, -0.25) is 0 Å². The van der Waals surface area contributed by atoms with E-state index in [1.807, 2.05) is 0 Å². The molecule has 0 rings (SSSR count). The summed E-state index contributed by atoms with van der Waals surface area (Å²) in [7, 11) is -1.01. The van der Waals surface area contributed by atoms with Crippen LogP contribution in [0.1, 0.15) is 143 Å². The fourth-order valence-corrected chi connectivity index (χ4v) is 10.4. The summed E-state index contributed by atoms with van der Waals surface area (Å²) in [4.78, 5) is 0. The molecule has 0 amide bonds. The number of unbranched alkanes of at least 4 members (excludes halogenated alkanes) is 14. The van der Waals surface area contributed by atoms with Gasteiger partial charge in [-0.25, -0.2) is 0 Å². The summed E-state index contributed by atoms with van der Waals surface area (Å²) in [5, 5.41) is 23.5. The maximum atomic E-state index is 7.83. The summed E-state index contributed by atoms with van der Waals surface area (Å²) < 4.78 is 0. The molecule has 0 aliphatic heterocycles. The minimum Gasteiger partial charge on any atom is -0.196 e. The van der Waals surface area contributed by atoms with Crippen molar-refractivity contribution in [2.45, 2.75) is 143 Å². The van der Waals surface area contributed by atoms with Gasteiger partial charge in [0.15, 0.2) is 0 Å². The first-order valence-corrected chi connectivity index (χ1v) is 17.6. The van der Waals surface area contributed by atoms with E-state index in [0.29, 0.717) is 0 Å². The molecule has 3 nitrogen and oxygen atoms in total. The average molecular weight is 492 g/mol. The van der Waals surface area contributed by atoms with Gasteiger partial charge >= 0.3 is 175 Å². The van der Waals surface area contributed by atoms with Crippen molar-refractivity contribution in [2.75, 3.05) is 24.6 Å². The second kappa shape index (κ2) is 28.1. The van der Waals surface area contributed by atoms with Crippen LogP contribution in [0, 0.1) is 39.9 Å². The van der Waals surface area contributed by atoms with Gasteiger partial charge in [-0.1, -0.05) is 0 Å². The molecule has 0 aromatic rings. The molecule has 34 heavy (non-hydrogen) atoms. The van der Waals surface area contributed by atoms with Gasteiger partial charge in [-0.15, -0.1) is 0 Å². The van der Waals surface area contributed by atoms with E-state index in [4.69, 9.17) is 15.8 Å². The predicted octanol–water partition coefficient (Wildman–Crippen LogP) is 10.0. The van der Waals surface area contributed by atoms with Crippen molar-refractivity contribution >= 4 is 7.26 Å². The maximum Gasteiger partial charge on any atom is 0.218 e. The molecule has 0 aliphatic rings. The summed E-state index contributed by atoms with van der Waals surface area (Å²) in [5.41, 5.74) is 0. The summed E-state index contributed by atoms with van der Waals surface area (Å²) in [5.74, 6) is -1.10. The number of hydrogen-bond acceptors (Lipinski definition) is 3. The number of hydrogen-bond donors (Lipinski definition) is 0. The summed E-state index contributed by atoms with van der Waals surface area (Å²) in [6.07, 6.45) is 33.3. The number of rotatable bonds is 22. The van der Waals surface area contributed by atoms with Crippen LogP contribution in [0.2, 0.25) is 0 Å². The molecule has 0 atom stereocenters. The van der Waals surface area contributed by atoms with Crippen LogP contribution in [0.15, 0.2) is 0 Å². The zero-order chi connectivity index (χ0) is 25.8. The molecule has 198 valence electrons. The van der Waals surface area contributed by atoms with Gasteiger partial charge in [0.05, 0.1) is 18.2 Å². The molecule has 0 saturated heterocycles. The van der Waals surface area contributed by atoms with E-state index in [2.05, 4.69) is 27.7 Å². The normalized spacial score (nSPS) is 11.2. The molecule has 0 heterocycles. The van der Waals surface area contributed by atoms with E-state index >= 15 is 0 Å². The first kappa shape index (κ1) is 35.1. The third-order valence-corrected chi connectivity index (χ3v) is 12.8. The fourth-order valence-electron chi connectivity index (χ4n) is 4.90. The Hall–Kier alpha value is -1.10. The molecule has 0 spiro atoms. The molecule has 0 radical (unpaired) electrons. The quantitative estimate of drug-likeness (QED) is 0.112. The van der Waals surface area contributed by atoms with Crippen LogP contribution in [0.3, 0.4) is 0 Å². The molecule has 0 bridgehead atoms. The first-order valence-electron chi connectivity index (χ1n) is 14.8. The third-order valence-electron chi connectivity index (χ3n) is 7.13. The van der Waals surface area contributed by atoms with Gasteiger partial charge in [0.1, 0.15) is 0 Å². The molecular weight excluding hydrogens is 433 g/mol.